The number of rotatable bonds is 3. The Morgan fingerprint density at radius 2 is 2.00 bits per heavy atom. The standard InChI is InChI=1S/C9H7Cl2N5O/c10-6-2-1-3-7(11)5(6)4-13-14-9-8(12)15-17-16-9/h1-4H,(H2,12,15)(H,14,16). The fourth-order valence-electron chi connectivity index (χ4n) is 1.06. The Labute approximate surface area is 106 Å². The average molecular weight is 272 g/mol. The highest BCUT2D eigenvalue weighted by atomic mass is 35.5. The zero-order valence-corrected chi connectivity index (χ0v) is 9.90. The predicted octanol–water partition coefficient (Wildman–Crippen LogP) is 2.40. The summed E-state index contributed by atoms with van der Waals surface area (Å²) in [5.74, 6) is 0.344. The van der Waals surface area contributed by atoms with Gasteiger partial charge in [0.05, 0.1) is 16.3 Å². The summed E-state index contributed by atoms with van der Waals surface area (Å²) in [5, 5.41) is 11.7. The van der Waals surface area contributed by atoms with E-state index in [-0.39, 0.29) is 11.6 Å². The van der Waals surface area contributed by atoms with Gasteiger partial charge in [-0.15, -0.1) is 0 Å². The Balaban J connectivity index is 2.14. The number of aromatic nitrogens is 2. The summed E-state index contributed by atoms with van der Waals surface area (Å²) in [7, 11) is 0. The van der Waals surface area contributed by atoms with E-state index in [0.717, 1.165) is 0 Å². The van der Waals surface area contributed by atoms with Crippen molar-refractivity contribution in [3.63, 3.8) is 0 Å². The lowest BCUT2D eigenvalue weighted by atomic mass is 10.2. The van der Waals surface area contributed by atoms with Crippen LogP contribution in [0.15, 0.2) is 27.9 Å². The van der Waals surface area contributed by atoms with Crippen molar-refractivity contribution in [1.29, 1.82) is 0 Å². The lowest BCUT2D eigenvalue weighted by molar-refractivity contribution is 0.310. The van der Waals surface area contributed by atoms with Crippen LogP contribution in [0.3, 0.4) is 0 Å². The van der Waals surface area contributed by atoms with Crippen LogP contribution in [-0.2, 0) is 0 Å². The van der Waals surface area contributed by atoms with E-state index in [2.05, 4.69) is 25.5 Å². The molecule has 0 unspecified atom stereocenters. The van der Waals surface area contributed by atoms with Gasteiger partial charge in [0.2, 0.25) is 11.6 Å². The van der Waals surface area contributed by atoms with E-state index in [0.29, 0.717) is 15.6 Å². The fraction of sp³-hybridized carbons (Fsp3) is 0. The Bertz CT molecular complexity index is 534. The Hall–Kier alpha value is -1.79. The number of nitrogens with two attached hydrogens (primary N) is 1. The molecule has 0 radical (unpaired) electrons. The van der Waals surface area contributed by atoms with Gasteiger partial charge in [0.1, 0.15) is 0 Å². The molecular weight excluding hydrogens is 265 g/mol. The van der Waals surface area contributed by atoms with Crippen molar-refractivity contribution < 1.29 is 4.63 Å². The molecule has 0 spiro atoms. The predicted molar refractivity (Wildman–Crippen MR) is 66.4 cm³/mol. The van der Waals surface area contributed by atoms with E-state index in [1.165, 1.54) is 6.21 Å². The molecule has 1 aromatic carbocycles. The third-order valence-corrected chi connectivity index (χ3v) is 2.54. The van der Waals surface area contributed by atoms with Crippen LogP contribution in [-0.4, -0.2) is 16.5 Å². The van der Waals surface area contributed by atoms with Crippen LogP contribution in [0.25, 0.3) is 0 Å². The molecule has 1 aromatic heterocycles. The van der Waals surface area contributed by atoms with E-state index in [9.17, 15) is 0 Å². The molecule has 88 valence electrons. The van der Waals surface area contributed by atoms with Crippen LogP contribution in [0, 0.1) is 0 Å². The normalized spacial score (nSPS) is 10.9. The van der Waals surface area contributed by atoms with Crippen LogP contribution < -0.4 is 11.2 Å². The van der Waals surface area contributed by atoms with Crippen LogP contribution >= 0.6 is 23.2 Å². The van der Waals surface area contributed by atoms with Gasteiger partial charge in [-0.25, -0.2) is 4.63 Å². The Morgan fingerprint density at radius 3 is 2.59 bits per heavy atom. The van der Waals surface area contributed by atoms with E-state index in [1.54, 1.807) is 18.2 Å². The highest BCUT2D eigenvalue weighted by Gasteiger charge is 2.04. The van der Waals surface area contributed by atoms with Crippen molar-refractivity contribution in [1.82, 2.24) is 10.3 Å². The van der Waals surface area contributed by atoms with Gasteiger partial charge in [0.25, 0.3) is 0 Å². The minimum Gasteiger partial charge on any atom is -0.378 e. The number of nitrogens with zero attached hydrogens (tertiary/aromatic N) is 3. The van der Waals surface area contributed by atoms with Crippen molar-refractivity contribution in [2.24, 2.45) is 5.10 Å². The van der Waals surface area contributed by atoms with Crippen molar-refractivity contribution in [3.05, 3.63) is 33.8 Å². The molecule has 1 heterocycles. The minimum absolute atomic E-state index is 0.118. The average Bonchev–Trinajstić information content (AvgIpc) is 2.69. The third-order valence-electron chi connectivity index (χ3n) is 1.88. The van der Waals surface area contributed by atoms with Crippen LogP contribution in [0.4, 0.5) is 11.6 Å². The number of halogens is 2. The van der Waals surface area contributed by atoms with Crippen LogP contribution in [0.2, 0.25) is 10.0 Å². The zero-order valence-electron chi connectivity index (χ0n) is 8.39. The second kappa shape index (κ2) is 5.03. The molecule has 0 atom stereocenters. The zero-order chi connectivity index (χ0) is 12.3. The molecular formula is C9H7Cl2N5O. The van der Waals surface area contributed by atoms with Crippen LogP contribution in [0.1, 0.15) is 5.56 Å². The Morgan fingerprint density at radius 1 is 1.29 bits per heavy atom. The summed E-state index contributed by atoms with van der Waals surface area (Å²) in [4.78, 5) is 0. The maximum absolute atomic E-state index is 5.95. The number of nitrogen functional groups attached to an aromatic ring is 1. The van der Waals surface area contributed by atoms with Crippen LogP contribution in [0.5, 0.6) is 0 Å². The molecule has 3 N–H and O–H groups in total. The van der Waals surface area contributed by atoms with Gasteiger partial charge in [-0.1, -0.05) is 29.3 Å². The molecule has 17 heavy (non-hydrogen) atoms. The molecule has 2 aromatic rings. The number of nitrogens with one attached hydrogen (secondary N) is 1. The maximum Gasteiger partial charge on any atom is 0.235 e. The molecule has 8 heteroatoms. The molecule has 0 aliphatic heterocycles. The highest BCUT2D eigenvalue weighted by Crippen LogP contribution is 2.22. The molecule has 0 amide bonds. The number of hydrogen-bond donors (Lipinski definition) is 2. The lowest BCUT2D eigenvalue weighted by Gasteiger charge is -2.00. The van der Waals surface area contributed by atoms with Gasteiger partial charge >= 0.3 is 0 Å². The van der Waals surface area contributed by atoms with Gasteiger partial charge in [-0.3, -0.25) is 5.43 Å². The SMILES string of the molecule is Nc1nonc1NN=Cc1c(Cl)cccc1Cl. The first-order chi connectivity index (χ1) is 8.18. The maximum atomic E-state index is 5.95. The van der Waals surface area contributed by atoms with E-state index in [1.807, 2.05) is 0 Å². The second-order valence-electron chi connectivity index (χ2n) is 3.00. The molecule has 0 fully saturated rings. The van der Waals surface area contributed by atoms with E-state index in [4.69, 9.17) is 28.9 Å². The summed E-state index contributed by atoms with van der Waals surface area (Å²) in [6.07, 6.45) is 1.46. The summed E-state index contributed by atoms with van der Waals surface area (Å²) >= 11 is 11.9. The highest BCUT2D eigenvalue weighted by molar-refractivity contribution is 6.38. The van der Waals surface area contributed by atoms with Crippen molar-refractivity contribution in [3.8, 4) is 0 Å². The minimum atomic E-state index is 0.118. The molecule has 0 aliphatic rings. The summed E-state index contributed by atoms with van der Waals surface area (Å²) in [6.45, 7) is 0. The summed E-state index contributed by atoms with van der Waals surface area (Å²) < 4.78 is 4.38. The van der Waals surface area contributed by atoms with Crippen molar-refractivity contribution in [2.45, 2.75) is 0 Å². The molecule has 2 rings (SSSR count). The Kier molecular flexibility index (Phi) is 3.46. The first-order valence-electron chi connectivity index (χ1n) is 4.49. The van der Waals surface area contributed by atoms with E-state index >= 15 is 0 Å². The second-order valence-corrected chi connectivity index (χ2v) is 3.82. The van der Waals surface area contributed by atoms with Gasteiger partial charge in [-0.2, -0.15) is 5.10 Å². The molecule has 6 nitrogen and oxygen atoms in total. The van der Waals surface area contributed by atoms with Gasteiger partial charge in [-0.05, 0) is 22.4 Å². The molecule has 0 saturated carbocycles. The molecule has 0 bridgehead atoms. The smallest absolute Gasteiger partial charge is 0.235 e. The van der Waals surface area contributed by atoms with Crippen molar-refractivity contribution >= 4 is 41.1 Å². The largest absolute Gasteiger partial charge is 0.378 e. The monoisotopic (exact) mass is 271 g/mol. The lowest BCUT2D eigenvalue weighted by Crippen LogP contribution is -1.96. The molecule has 0 saturated heterocycles. The summed E-state index contributed by atoms with van der Waals surface area (Å²) in [5.41, 5.74) is 8.58. The number of benzene rings is 1. The first-order valence-corrected chi connectivity index (χ1v) is 5.25. The number of hydrazone groups is 1. The van der Waals surface area contributed by atoms with Gasteiger partial charge in [0.15, 0.2) is 0 Å². The molecule has 0 aliphatic carbocycles. The van der Waals surface area contributed by atoms with Crippen molar-refractivity contribution in [2.75, 3.05) is 11.2 Å². The van der Waals surface area contributed by atoms with Gasteiger partial charge < -0.3 is 5.73 Å². The number of hydrogen-bond acceptors (Lipinski definition) is 6. The fourth-order valence-corrected chi connectivity index (χ4v) is 1.56. The van der Waals surface area contributed by atoms with Gasteiger partial charge in [0, 0.05) is 5.56 Å². The first kappa shape index (κ1) is 11.7. The third kappa shape index (κ3) is 2.66. The van der Waals surface area contributed by atoms with E-state index < -0.39 is 0 Å². The quantitative estimate of drug-likeness (QED) is 0.661. The number of anilines is 2. The summed E-state index contributed by atoms with van der Waals surface area (Å²) in [6, 6.07) is 5.16. The topological polar surface area (TPSA) is 89.3 Å².